The molecule has 108 valence electrons. The van der Waals surface area contributed by atoms with Crippen LogP contribution in [0.2, 0.25) is 0 Å². The SMILES string of the molecule is CN(C(=O)c1ccccc1[N+](=O)[O-])C1CCS(=O)(=O)C1. The summed E-state index contributed by atoms with van der Waals surface area (Å²) in [6.45, 7) is 0. The minimum atomic E-state index is -3.11. The maximum Gasteiger partial charge on any atom is 0.282 e. The van der Waals surface area contributed by atoms with Crippen LogP contribution < -0.4 is 0 Å². The van der Waals surface area contributed by atoms with E-state index in [-0.39, 0.29) is 22.8 Å². The minimum Gasteiger partial charge on any atom is -0.337 e. The number of nitro groups is 1. The molecule has 1 aromatic rings. The van der Waals surface area contributed by atoms with E-state index in [4.69, 9.17) is 0 Å². The number of hydrogen-bond acceptors (Lipinski definition) is 5. The summed E-state index contributed by atoms with van der Waals surface area (Å²) in [5, 5.41) is 10.9. The van der Waals surface area contributed by atoms with Gasteiger partial charge in [-0.25, -0.2) is 8.42 Å². The summed E-state index contributed by atoms with van der Waals surface area (Å²) in [7, 11) is -1.63. The molecule has 1 fully saturated rings. The standard InChI is InChI=1S/C12H14N2O5S/c1-13(9-6-7-20(18,19)8-9)12(15)10-4-2-3-5-11(10)14(16)17/h2-5,9H,6-8H2,1H3. The van der Waals surface area contributed by atoms with Crippen molar-refractivity contribution in [2.24, 2.45) is 0 Å². The number of benzene rings is 1. The van der Waals surface area contributed by atoms with Crippen LogP contribution in [0.1, 0.15) is 16.8 Å². The molecule has 1 amide bonds. The van der Waals surface area contributed by atoms with Gasteiger partial charge in [-0.1, -0.05) is 12.1 Å². The topological polar surface area (TPSA) is 97.6 Å². The number of nitrogens with zero attached hydrogens (tertiary/aromatic N) is 2. The molecule has 7 nitrogen and oxygen atoms in total. The van der Waals surface area contributed by atoms with Crippen molar-refractivity contribution in [2.45, 2.75) is 12.5 Å². The van der Waals surface area contributed by atoms with Crippen LogP contribution in [0.5, 0.6) is 0 Å². The fourth-order valence-corrected chi connectivity index (χ4v) is 4.02. The molecule has 1 unspecified atom stereocenters. The highest BCUT2D eigenvalue weighted by Gasteiger charge is 2.34. The summed E-state index contributed by atoms with van der Waals surface area (Å²) >= 11 is 0. The van der Waals surface area contributed by atoms with Crippen LogP contribution in [0.15, 0.2) is 24.3 Å². The highest BCUT2D eigenvalue weighted by atomic mass is 32.2. The van der Waals surface area contributed by atoms with Crippen LogP contribution in [0.25, 0.3) is 0 Å². The predicted octanol–water partition coefficient (Wildman–Crippen LogP) is 0.854. The normalized spacial score (nSPS) is 20.6. The molecular weight excluding hydrogens is 284 g/mol. The first-order valence-electron chi connectivity index (χ1n) is 6.03. The van der Waals surface area contributed by atoms with E-state index in [0.29, 0.717) is 6.42 Å². The van der Waals surface area contributed by atoms with Gasteiger partial charge < -0.3 is 4.90 Å². The van der Waals surface area contributed by atoms with Gasteiger partial charge in [0.15, 0.2) is 9.84 Å². The molecule has 0 spiro atoms. The van der Waals surface area contributed by atoms with Crippen molar-refractivity contribution < 1.29 is 18.1 Å². The maximum atomic E-state index is 12.3. The zero-order chi connectivity index (χ0) is 14.9. The number of carbonyl (C=O) groups is 1. The van der Waals surface area contributed by atoms with Crippen molar-refractivity contribution in [2.75, 3.05) is 18.6 Å². The molecular formula is C12H14N2O5S. The van der Waals surface area contributed by atoms with Gasteiger partial charge in [0.05, 0.1) is 16.4 Å². The number of sulfone groups is 1. The monoisotopic (exact) mass is 298 g/mol. The lowest BCUT2D eigenvalue weighted by Crippen LogP contribution is -2.38. The molecule has 1 heterocycles. The van der Waals surface area contributed by atoms with E-state index in [1.165, 1.54) is 30.1 Å². The maximum absolute atomic E-state index is 12.3. The third-order valence-electron chi connectivity index (χ3n) is 3.41. The van der Waals surface area contributed by atoms with Gasteiger partial charge in [-0.3, -0.25) is 14.9 Å². The van der Waals surface area contributed by atoms with Crippen molar-refractivity contribution in [1.82, 2.24) is 4.90 Å². The zero-order valence-electron chi connectivity index (χ0n) is 10.9. The molecule has 0 N–H and O–H groups in total. The Kier molecular flexibility index (Phi) is 3.76. The van der Waals surface area contributed by atoms with Gasteiger partial charge in [0.2, 0.25) is 0 Å². The summed E-state index contributed by atoms with van der Waals surface area (Å²) < 4.78 is 22.9. The van der Waals surface area contributed by atoms with Gasteiger partial charge in [0, 0.05) is 19.2 Å². The van der Waals surface area contributed by atoms with Gasteiger partial charge in [-0.2, -0.15) is 0 Å². The smallest absolute Gasteiger partial charge is 0.282 e. The molecule has 0 aromatic heterocycles. The molecule has 8 heteroatoms. The van der Waals surface area contributed by atoms with E-state index < -0.39 is 26.7 Å². The average Bonchev–Trinajstić information content (AvgIpc) is 2.77. The van der Waals surface area contributed by atoms with Crippen LogP contribution in [-0.2, 0) is 9.84 Å². The minimum absolute atomic E-state index is 0.0238. The van der Waals surface area contributed by atoms with Crippen LogP contribution >= 0.6 is 0 Å². The first-order chi connectivity index (χ1) is 9.32. The summed E-state index contributed by atoms with van der Waals surface area (Å²) in [5.41, 5.74) is -0.297. The van der Waals surface area contributed by atoms with Gasteiger partial charge in [0.1, 0.15) is 5.56 Å². The van der Waals surface area contributed by atoms with Crippen molar-refractivity contribution in [3.63, 3.8) is 0 Å². The van der Waals surface area contributed by atoms with Crippen molar-refractivity contribution in [3.05, 3.63) is 39.9 Å². The highest BCUT2D eigenvalue weighted by molar-refractivity contribution is 7.91. The Morgan fingerprint density at radius 2 is 2.05 bits per heavy atom. The summed E-state index contributed by atoms with van der Waals surface area (Å²) in [6, 6.07) is 5.23. The zero-order valence-corrected chi connectivity index (χ0v) is 11.7. The molecule has 2 rings (SSSR count). The second kappa shape index (κ2) is 5.20. The fraction of sp³-hybridized carbons (Fsp3) is 0.417. The highest BCUT2D eigenvalue weighted by Crippen LogP contribution is 2.23. The third kappa shape index (κ3) is 2.79. The van der Waals surface area contributed by atoms with E-state index in [1.54, 1.807) is 6.07 Å². The Balaban J connectivity index is 2.26. The number of amides is 1. The quantitative estimate of drug-likeness (QED) is 0.608. The molecule has 1 aliphatic rings. The lowest BCUT2D eigenvalue weighted by Gasteiger charge is -2.23. The predicted molar refractivity (Wildman–Crippen MR) is 72.2 cm³/mol. The molecule has 1 saturated heterocycles. The van der Waals surface area contributed by atoms with Gasteiger partial charge in [-0.15, -0.1) is 0 Å². The molecule has 0 radical (unpaired) electrons. The first kappa shape index (κ1) is 14.4. The third-order valence-corrected chi connectivity index (χ3v) is 5.16. The lowest BCUT2D eigenvalue weighted by molar-refractivity contribution is -0.385. The molecule has 1 aromatic carbocycles. The summed E-state index contributed by atoms with van der Waals surface area (Å²) in [5.74, 6) is -0.568. The van der Waals surface area contributed by atoms with Crippen LogP contribution in [-0.4, -0.2) is 48.7 Å². The number of hydrogen-bond donors (Lipinski definition) is 0. The van der Waals surface area contributed by atoms with E-state index in [0.717, 1.165) is 0 Å². The van der Waals surface area contributed by atoms with Gasteiger partial charge in [-0.05, 0) is 12.5 Å². The van der Waals surface area contributed by atoms with Crippen molar-refractivity contribution in [3.8, 4) is 0 Å². The number of nitro benzene ring substituents is 1. The van der Waals surface area contributed by atoms with E-state index in [1.807, 2.05) is 0 Å². The molecule has 0 bridgehead atoms. The number of carbonyl (C=O) groups excluding carboxylic acids is 1. The second-order valence-electron chi connectivity index (χ2n) is 4.75. The van der Waals surface area contributed by atoms with Crippen LogP contribution in [0.4, 0.5) is 5.69 Å². The Labute approximate surface area is 116 Å². The van der Waals surface area contributed by atoms with Crippen molar-refractivity contribution >= 4 is 21.4 Å². The van der Waals surface area contributed by atoms with Crippen molar-refractivity contribution in [1.29, 1.82) is 0 Å². The number of para-hydroxylation sites is 1. The lowest BCUT2D eigenvalue weighted by atomic mass is 10.1. The second-order valence-corrected chi connectivity index (χ2v) is 6.98. The van der Waals surface area contributed by atoms with E-state index in [2.05, 4.69) is 0 Å². The molecule has 1 atom stereocenters. The Bertz CT molecular complexity index is 656. The molecule has 20 heavy (non-hydrogen) atoms. The Morgan fingerprint density at radius 1 is 1.40 bits per heavy atom. The van der Waals surface area contributed by atoms with Crippen LogP contribution in [0, 0.1) is 10.1 Å². The van der Waals surface area contributed by atoms with Crippen LogP contribution in [0.3, 0.4) is 0 Å². The fourth-order valence-electron chi connectivity index (χ4n) is 2.25. The average molecular weight is 298 g/mol. The molecule has 1 aliphatic heterocycles. The Hall–Kier alpha value is -1.96. The number of rotatable bonds is 3. The van der Waals surface area contributed by atoms with E-state index in [9.17, 15) is 23.3 Å². The van der Waals surface area contributed by atoms with Gasteiger partial charge >= 0.3 is 0 Å². The molecule has 0 saturated carbocycles. The summed E-state index contributed by atoms with van der Waals surface area (Å²) in [6.07, 6.45) is 0.366. The summed E-state index contributed by atoms with van der Waals surface area (Å²) in [4.78, 5) is 23.9. The van der Waals surface area contributed by atoms with E-state index >= 15 is 0 Å². The first-order valence-corrected chi connectivity index (χ1v) is 7.85. The largest absolute Gasteiger partial charge is 0.337 e. The van der Waals surface area contributed by atoms with Gasteiger partial charge in [0.25, 0.3) is 11.6 Å². The molecule has 0 aliphatic carbocycles. The Morgan fingerprint density at radius 3 is 2.60 bits per heavy atom.